The molecule has 0 saturated heterocycles. The Kier molecular flexibility index (Phi) is 3.32. The molecule has 1 aromatic carbocycles. The molecule has 0 aromatic heterocycles. The zero-order valence-corrected chi connectivity index (χ0v) is 8.85. The molecule has 0 amide bonds. The number of thioether (sulfide) groups is 1. The van der Waals surface area contributed by atoms with E-state index in [4.69, 9.17) is 5.73 Å². The molecule has 2 N–H and O–H groups in total. The van der Waals surface area contributed by atoms with Crippen molar-refractivity contribution in [3.8, 4) is 0 Å². The Bertz CT molecular complexity index is 434. The summed E-state index contributed by atoms with van der Waals surface area (Å²) in [6.45, 7) is 0. The van der Waals surface area contributed by atoms with Crippen LogP contribution in [0.25, 0.3) is 0 Å². The molecule has 0 unspecified atom stereocenters. The molecule has 0 atom stereocenters. The van der Waals surface area contributed by atoms with Gasteiger partial charge >= 0.3 is 11.9 Å². The number of nitrogens with zero attached hydrogens (tertiary/aromatic N) is 1. The lowest BCUT2D eigenvalue weighted by Gasteiger charge is -2.10. The number of nitrogens with two attached hydrogens (primary N) is 1. The smallest absolute Gasteiger partial charge is 0.393 e. The Balaban J connectivity index is 3.53. The van der Waals surface area contributed by atoms with Crippen LogP contribution in [0.4, 0.5) is 24.5 Å². The normalized spacial score (nSPS) is 11.5. The van der Waals surface area contributed by atoms with E-state index in [1.807, 2.05) is 0 Å². The summed E-state index contributed by atoms with van der Waals surface area (Å²) >= 11 is 1.03. The largest absolute Gasteiger partial charge is 0.423 e. The lowest BCUT2D eigenvalue weighted by Crippen LogP contribution is -2.11. The standard InChI is InChI=1S/C8H7F3N2O2S/c1-16-4-2-5(8(9,10)11)7(13(14)15)6(12)3-4/h2-3H,12H2,1H3. The fourth-order valence-corrected chi connectivity index (χ4v) is 1.65. The number of hydrogen-bond acceptors (Lipinski definition) is 4. The van der Waals surface area contributed by atoms with Crippen LogP contribution in [0.3, 0.4) is 0 Å². The highest BCUT2D eigenvalue weighted by atomic mass is 32.2. The molecular weight excluding hydrogens is 245 g/mol. The van der Waals surface area contributed by atoms with Crippen molar-refractivity contribution in [1.82, 2.24) is 0 Å². The molecule has 0 heterocycles. The van der Waals surface area contributed by atoms with Gasteiger partial charge in [0.15, 0.2) is 0 Å². The SMILES string of the molecule is CSc1cc(N)c([N+](=O)[O-])c(C(F)(F)F)c1. The van der Waals surface area contributed by atoms with E-state index >= 15 is 0 Å². The summed E-state index contributed by atoms with van der Waals surface area (Å²) in [4.78, 5) is 9.62. The molecule has 8 heteroatoms. The first-order valence-corrected chi connectivity index (χ1v) is 5.19. The molecule has 0 aliphatic heterocycles. The van der Waals surface area contributed by atoms with Gasteiger partial charge in [0.25, 0.3) is 0 Å². The van der Waals surface area contributed by atoms with Gasteiger partial charge in [0, 0.05) is 4.90 Å². The van der Waals surface area contributed by atoms with Crippen LogP contribution in [0.5, 0.6) is 0 Å². The van der Waals surface area contributed by atoms with Gasteiger partial charge in [0.05, 0.1) is 4.92 Å². The molecule has 0 bridgehead atoms. The van der Waals surface area contributed by atoms with Gasteiger partial charge in [-0.15, -0.1) is 11.8 Å². The van der Waals surface area contributed by atoms with Gasteiger partial charge in [-0.25, -0.2) is 0 Å². The highest BCUT2D eigenvalue weighted by Gasteiger charge is 2.40. The minimum absolute atomic E-state index is 0.232. The third-order valence-electron chi connectivity index (χ3n) is 1.84. The first-order chi connectivity index (χ1) is 7.27. The number of nitro benzene ring substituents is 1. The van der Waals surface area contributed by atoms with Crippen LogP contribution in [0, 0.1) is 10.1 Å². The number of anilines is 1. The van der Waals surface area contributed by atoms with Gasteiger partial charge in [0.2, 0.25) is 0 Å². The average molecular weight is 252 g/mol. The second kappa shape index (κ2) is 4.20. The third-order valence-corrected chi connectivity index (χ3v) is 2.54. The minimum Gasteiger partial charge on any atom is -0.393 e. The van der Waals surface area contributed by atoms with E-state index in [1.54, 1.807) is 6.26 Å². The number of nitrogen functional groups attached to an aromatic ring is 1. The van der Waals surface area contributed by atoms with Gasteiger partial charge in [-0.2, -0.15) is 13.2 Å². The van der Waals surface area contributed by atoms with Crippen LogP contribution in [-0.4, -0.2) is 11.2 Å². The van der Waals surface area contributed by atoms with Crippen LogP contribution in [0.15, 0.2) is 17.0 Å². The lowest BCUT2D eigenvalue weighted by molar-refractivity contribution is -0.387. The number of benzene rings is 1. The van der Waals surface area contributed by atoms with E-state index in [1.165, 1.54) is 0 Å². The van der Waals surface area contributed by atoms with Gasteiger partial charge in [0.1, 0.15) is 11.3 Å². The van der Waals surface area contributed by atoms with Crippen LogP contribution < -0.4 is 5.73 Å². The molecule has 0 saturated carbocycles. The summed E-state index contributed by atoms with van der Waals surface area (Å²) in [5, 5.41) is 10.5. The van der Waals surface area contributed by atoms with Crippen molar-refractivity contribution in [3.05, 3.63) is 27.8 Å². The second-order valence-corrected chi connectivity index (χ2v) is 3.75. The zero-order valence-electron chi connectivity index (χ0n) is 8.04. The molecule has 1 rings (SSSR count). The monoisotopic (exact) mass is 252 g/mol. The van der Waals surface area contributed by atoms with Crippen molar-refractivity contribution < 1.29 is 18.1 Å². The average Bonchev–Trinajstić information content (AvgIpc) is 2.14. The maximum Gasteiger partial charge on any atom is 0.423 e. The maximum atomic E-state index is 12.5. The van der Waals surface area contributed by atoms with Crippen molar-refractivity contribution in [2.45, 2.75) is 11.1 Å². The summed E-state index contributed by atoms with van der Waals surface area (Å²) in [5.41, 5.74) is 2.35. The van der Waals surface area contributed by atoms with E-state index in [0.717, 1.165) is 23.9 Å². The van der Waals surface area contributed by atoms with Crippen molar-refractivity contribution in [1.29, 1.82) is 0 Å². The first kappa shape index (κ1) is 12.6. The summed E-state index contributed by atoms with van der Waals surface area (Å²) in [7, 11) is 0. The Morgan fingerprint density at radius 3 is 2.38 bits per heavy atom. The summed E-state index contributed by atoms with van der Waals surface area (Å²) in [6.07, 6.45) is -3.23. The van der Waals surface area contributed by atoms with E-state index < -0.39 is 28.0 Å². The lowest BCUT2D eigenvalue weighted by atomic mass is 10.1. The Hall–Kier alpha value is -1.44. The first-order valence-electron chi connectivity index (χ1n) is 3.96. The molecule has 0 aliphatic rings. The van der Waals surface area contributed by atoms with Gasteiger partial charge < -0.3 is 5.73 Å². The fraction of sp³-hybridized carbons (Fsp3) is 0.250. The summed E-state index contributed by atoms with van der Waals surface area (Å²) in [6, 6.07) is 1.87. The van der Waals surface area contributed by atoms with Crippen molar-refractivity contribution in [3.63, 3.8) is 0 Å². The highest BCUT2D eigenvalue weighted by molar-refractivity contribution is 7.98. The van der Waals surface area contributed by atoms with Crippen molar-refractivity contribution in [2.75, 3.05) is 12.0 Å². The molecule has 16 heavy (non-hydrogen) atoms. The summed E-state index contributed by atoms with van der Waals surface area (Å²) < 4.78 is 37.6. The van der Waals surface area contributed by atoms with Gasteiger partial charge in [-0.3, -0.25) is 10.1 Å². The number of rotatable bonds is 2. The number of nitro groups is 1. The van der Waals surface area contributed by atoms with Crippen LogP contribution >= 0.6 is 11.8 Å². The Morgan fingerprint density at radius 1 is 1.44 bits per heavy atom. The van der Waals surface area contributed by atoms with E-state index in [2.05, 4.69) is 0 Å². The Morgan fingerprint density at radius 2 is 2.00 bits per heavy atom. The quantitative estimate of drug-likeness (QED) is 0.380. The predicted molar refractivity (Wildman–Crippen MR) is 54.3 cm³/mol. The second-order valence-electron chi connectivity index (χ2n) is 2.87. The molecule has 0 spiro atoms. The highest BCUT2D eigenvalue weighted by Crippen LogP contribution is 2.41. The fourth-order valence-electron chi connectivity index (χ4n) is 1.17. The topological polar surface area (TPSA) is 69.2 Å². The molecule has 1 aromatic rings. The summed E-state index contributed by atoms with van der Waals surface area (Å²) in [5.74, 6) is 0. The van der Waals surface area contributed by atoms with Gasteiger partial charge in [-0.1, -0.05) is 0 Å². The molecule has 4 nitrogen and oxygen atoms in total. The van der Waals surface area contributed by atoms with Gasteiger partial charge in [-0.05, 0) is 18.4 Å². The van der Waals surface area contributed by atoms with Crippen LogP contribution in [-0.2, 0) is 6.18 Å². The van der Waals surface area contributed by atoms with E-state index in [9.17, 15) is 23.3 Å². The predicted octanol–water partition coefficient (Wildman–Crippen LogP) is 2.92. The van der Waals surface area contributed by atoms with Crippen LogP contribution in [0.1, 0.15) is 5.56 Å². The van der Waals surface area contributed by atoms with Crippen LogP contribution in [0.2, 0.25) is 0 Å². The number of hydrogen-bond donors (Lipinski definition) is 1. The molecular formula is C8H7F3N2O2S. The van der Waals surface area contributed by atoms with Crippen molar-refractivity contribution in [2.24, 2.45) is 0 Å². The molecule has 0 fully saturated rings. The molecule has 88 valence electrons. The van der Waals surface area contributed by atoms with E-state index in [0.29, 0.717) is 0 Å². The molecule has 0 aliphatic carbocycles. The van der Waals surface area contributed by atoms with E-state index in [-0.39, 0.29) is 4.90 Å². The number of halogens is 3. The maximum absolute atomic E-state index is 12.5. The van der Waals surface area contributed by atoms with Crippen molar-refractivity contribution >= 4 is 23.1 Å². The third kappa shape index (κ3) is 2.38. The zero-order chi connectivity index (χ0) is 12.5. The minimum atomic E-state index is -4.79. The Labute approximate surface area is 92.8 Å². The number of alkyl halides is 3. The molecule has 0 radical (unpaired) electrons.